The number of allylic oxidation sites excluding steroid dienone is 1. The topological polar surface area (TPSA) is 130 Å². The summed E-state index contributed by atoms with van der Waals surface area (Å²) < 4.78 is 24.5. The third-order valence-corrected chi connectivity index (χ3v) is 10.2. The van der Waals surface area contributed by atoms with Crippen LogP contribution in [0.5, 0.6) is 0 Å². The van der Waals surface area contributed by atoms with Crippen molar-refractivity contribution in [3.8, 4) is 0 Å². The van der Waals surface area contributed by atoms with E-state index in [1.807, 2.05) is 0 Å². The molecule has 3 amide bonds. The summed E-state index contributed by atoms with van der Waals surface area (Å²) in [5.74, 6) is -0.623. The first kappa shape index (κ1) is 31.9. The molecule has 5 aliphatic rings. The summed E-state index contributed by atoms with van der Waals surface area (Å²) in [5.41, 5.74) is 0.558. The standard InChI is InChI=1S/C32H49N3O8/c1-18(2)8-10-25-31(6,43-25)28-27(40-7)24(12-13-32(28)17-41-32)42-30(39)35-16-21-14-22(35)15-34(21)29(38)20(5)33-26(37)11-9-23(36)19(3)4/h8,19-22,24-25,27-28H,9-17H2,1-7H3,(H,33,37)/t20-,21?,22?,24+,25+,27+,28+,31-,32-/m0/s1. The molecule has 1 aliphatic carbocycles. The summed E-state index contributed by atoms with van der Waals surface area (Å²) in [6, 6.07) is -0.960. The number of carbonyl (C=O) groups excluding carboxylic acids is 4. The Morgan fingerprint density at radius 2 is 1.74 bits per heavy atom. The number of hydrogen-bond donors (Lipinski definition) is 1. The first-order valence-electron chi connectivity index (χ1n) is 15.9. The van der Waals surface area contributed by atoms with Crippen LogP contribution >= 0.6 is 0 Å². The molecule has 5 rings (SSSR count). The van der Waals surface area contributed by atoms with E-state index in [1.54, 1.807) is 37.7 Å². The minimum atomic E-state index is -0.702. The SMILES string of the molecule is CO[C@@H]1[C@H](OC(=O)N2CC3CC2CN3C(=O)[C@H](C)NC(=O)CCC(=O)C(C)C)CC[C@]2(CO2)[C@H]1[C@@]1(C)O[C@@H]1CC=C(C)C. The van der Waals surface area contributed by atoms with Crippen LogP contribution in [0.1, 0.15) is 80.1 Å². The van der Waals surface area contributed by atoms with Crippen molar-refractivity contribution in [3.63, 3.8) is 0 Å². The lowest BCUT2D eigenvalue weighted by Gasteiger charge is -2.43. The minimum Gasteiger partial charge on any atom is -0.443 e. The molecule has 0 radical (unpaired) electrons. The summed E-state index contributed by atoms with van der Waals surface area (Å²) in [5, 5.41) is 2.73. The van der Waals surface area contributed by atoms with Crippen LogP contribution in [-0.4, -0.2) is 108 Å². The average molecular weight is 604 g/mol. The van der Waals surface area contributed by atoms with Crippen molar-refractivity contribution >= 4 is 23.7 Å². The molecule has 1 N–H and O–H groups in total. The van der Waals surface area contributed by atoms with Gasteiger partial charge in [0.15, 0.2) is 0 Å². The zero-order valence-electron chi connectivity index (χ0n) is 26.7. The molecule has 0 aromatic carbocycles. The number of ketones is 1. The summed E-state index contributed by atoms with van der Waals surface area (Å²) in [6.45, 7) is 13.0. The van der Waals surface area contributed by atoms with Crippen LogP contribution in [0, 0.1) is 11.8 Å². The molecule has 4 heterocycles. The van der Waals surface area contributed by atoms with Gasteiger partial charge in [0.1, 0.15) is 35.2 Å². The highest BCUT2D eigenvalue weighted by molar-refractivity contribution is 5.90. The van der Waals surface area contributed by atoms with Crippen molar-refractivity contribution in [2.75, 3.05) is 26.8 Å². The van der Waals surface area contributed by atoms with E-state index in [2.05, 4.69) is 32.2 Å². The Morgan fingerprint density at radius 3 is 2.33 bits per heavy atom. The Labute approximate surface area is 255 Å². The number of ether oxygens (including phenoxy) is 4. The number of amides is 3. The van der Waals surface area contributed by atoms with Gasteiger partial charge in [-0.2, -0.15) is 0 Å². The van der Waals surface area contributed by atoms with E-state index < -0.39 is 17.7 Å². The van der Waals surface area contributed by atoms with Crippen molar-refractivity contribution < 1.29 is 38.1 Å². The molecule has 0 aromatic rings. The fourth-order valence-electron chi connectivity index (χ4n) is 7.58. The van der Waals surface area contributed by atoms with E-state index in [0.29, 0.717) is 32.5 Å². The van der Waals surface area contributed by atoms with Crippen molar-refractivity contribution in [2.24, 2.45) is 11.8 Å². The summed E-state index contributed by atoms with van der Waals surface area (Å²) in [6.07, 6.45) is 4.31. The Bertz CT molecular complexity index is 1150. The van der Waals surface area contributed by atoms with Gasteiger partial charge in [-0.25, -0.2) is 4.79 Å². The van der Waals surface area contributed by atoms with Gasteiger partial charge < -0.3 is 34.1 Å². The number of methoxy groups -OCH3 is 1. The van der Waals surface area contributed by atoms with Gasteiger partial charge in [0.2, 0.25) is 11.8 Å². The summed E-state index contributed by atoms with van der Waals surface area (Å²) in [4.78, 5) is 54.3. The second-order valence-corrected chi connectivity index (χ2v) is 13.9. The van der Waals surface area contributed by atoms with E-state index in [9.17, 15) is 19.2 Å². The zero-order valence-corrected chi connectivity index (χ0v) is 26.7. The van der Waals surface area contributed by atoms with Gasteiger partial charge in [0.05, 0.1) is 30.7 Å². The van der Waals surface area contributed by atoms with E-state index in [4.69, 9.17) is 18.9 Å². The van der Waals surface area contributed by atoms with Gasteiger partial charge in [-0.3, -0.25) is 14.4 Å². The molecule has 5 fully saturated rings. The Balaban J connectivity index is 1.14. The first-order chi connectivity index (χ1) is 20.3. The molecular formula is C32H49N3O8. The Kier molecular flexibility index (Phi) is 9.00. The van der Waals surface area contributed by atoms with E-state index >= 15 is 0 Å². The molecule has 2 bridgehead atoms. The van der Waals surface area contributed by atoms with Crippen LogP contribution in [0.25, 0.3) is 0 Å². The van der Waals surface area contributed by atoms with Gasteiger partial charge in [-0.1, -0.05) is 25.5 Å². The minimum absolute atomic E-state index is 0.0256. The van der Waals surface area contributed by atoms with Crippen LogP contribution < -0.4 is 5.32 Å². The molecule has 1 saturated carbocycles. The van der Waals surface area contributed by atoms with Gasteiger partial charge in [0, 0.05) is 39.0 Å². The zero-order chi connectivity index (χ0) is 31.3. The molecule has 43 heavy (non-hydrogen) atoms. The molecule has 240 valence electrons. The molecule has 9 atom stereocenters. The molecule has 4 aliphatic heterocycles. The van der Waals surface area contributed by atoms with E-state index in [0.717, 1.165) is 12.8 Å². The smallest absolute Gasteiger partial charge is 0.410 e. The molecule has 2 unspecified atom stereocenters. The molecule has 4 saturated heterocycles. The fourth-order valence-corrected chi connectivity index (χ4v) is 7.58. The lowest BCUT2D eigenvalue weighted by molar-refractivity contribution is -0.138. The second-order valence-electron chi connectivity index (χ2n) is 13.9. The third kappa shape index (κ3) is 6.35. The molecular weight excluding hydrogens is 554 g/mol. The fraction of sp³-hybridized carbons (Fsp3) is 0.812. The molecule has 11 nitrogen and oxygen atoms in total. The van der Waals surface area contributed by atoms with Gasteiger partial charge in [0.25, 0.3) is 0 Å². The third-order valence-electron chi connectivity index (χ3n) is 10.2. The number of nitrogens with zero attached hydrogens (tertiary/aromatic N) is 2. The second kappa shape index (κ2) is 12.1. The first-order valence-corrected chi connectivity index (χ1v) is 15.9. The van der Waals surface area contributed by atoms with E-state index in [1.165, 1.54) is 5.57 Å². The van der Waals surface area contributed by atoms with Gasteiger partial charge in [-0.05, 0) is 53.4 Å². The predicted octanol–water partition coefficient (Wildman–Crippen LogP) is 2.99. The maximum Gasteiger partial charge on any atom is 0.410 e. The number of likely N-dealkylation sites (tertiary alicyclic amines) is 2. The number of hydrogen-bond acceptors (Lipinski definition) is 8. The number of epoxide rings is 2. The summed E-state index contributed by atoms with van der Waals surface area (Å²) >= 11 is 0. The quantitative estimate of drug-likeness (QED) is 0.282. The van der Waals surface area contributed by atoms with E-state index in [-0.39, 0.29) is 78.3 Å². The number of piperazine rings is 1. The Morgan fingerprint density at radius 1 is 1.07 bits per heavy atom. The monoisotopic (exact) mass is 603 g/mol. The number of rotatable bonds is 11. The van der Waals surface area contributed by atoms with Gasteiger partial charge >= 0.3 is 6.09 Å². The Hall–Kier alpha value is -2.50. The van der Waals surface area contributed by atoms with Gasteiger partial charge in [-0.15, -0.1) is 0 Å². The number of Topliss-reactive ketones (excluding diaryl/α,β-unsaturated/α-hetero) is 1. The largest absolute Gasteiger partial charge is 0.443 e. The lowest BCUT2D eigenvalue weighted by atomic mass is 9.68. The highest BCUT2D eigenvalue weighted by Gasteiger charge is 2.72. The van der Waals surface area contributed by atoms with Crippen molar-refractivity contribution in [1.29, 1.82) is 0 Å². The van der Waals surface area contributed by atoms with Crippen molar-refractivity contribution in [3.05, 3.63) is 11.6 Å². The van der Waals surface area contributed by atoms with Crippen LogP contribution in [0.15, 0.2) is 11.6 Å². The maximum atomic E-state index is 13.5. The lowest BCUT2D eigenvalue weighted by Crippen LogP contribution is -2.58. The predicted molar refractivity (Wildman–Crippen MR) is 157 cm³/mol. The molecule has 1 spiro atoms. The highest BCUT2D eigenvalue weighted by Crippen LogP contribution is 2.59. The van der Waals surface area contributed by atoms with Crippen LogP contribution in [-0.2, 0) is 33.3 Å². The normalized spacial score (nSPS) is 36.5. The molecule has 0 aromatic heterocycles. The maximum absolute atomic E-state index is 13.5. The number of fused-ring (bicyclic) bond motifs is 2. The van der Waals surface area contributed by atoms with Crippen molar-refractivity contribution in [1.82, 2.24) is 15.1 Å². The average Bonchev–Trinajstić information content (AvgIpc) is 3.76. The summed E-state index contributed by atoms with van der Waals surface area (Å²) in [7, 11) is 1.67. The number of carbonyl (C=O) groups is 4. The van der Waals surface area contributed by atoms with Crippen LogP contribution in [0.2, 0.25) is 0 Å². The number of nitrogens with one attached hydrogen (secondary N) is 1. The van der Waals surface area contributed by atoms with Crippen LogP contribution in [0.4, 0.5) is 4.79 Å². The van der Waals surface area contributed by atoms with Crippen molar-refractivity contribution in [2.45, 2.75) is 128 Å². The highest BCUT2D eigenvalue weighted by atomic mass is 16.6. The van der Waals surface area contributed by atoms with Crippen LogP contribution in [0.3, 0.4) is 0 Å². The molecule has 11 heteroatoms.